The lowest BCUT2D eigenvalue weighted by molar-refractivity contribution is 0.307. The van der Waals surface area contributed by atoms with E-state index in [0.29, 0.717) is 35.8 Å². The van der Waals surface area contributed by atoms with Crippen molar-refractivity contribution in [2.45, 2.75) is 39.5 Å². The first kappa shape index (κ1) is 25.2. The number of nitrogens with zero attached hydrogens (tertiary/aromatic N) is 3. The van der Waals surface area contributed by atoms with Gasteiger partial charge in [0, 0.05) is 37.0 Å². The molecule has 0 aliphatic carbocycles. The molecule has 0 saturated heterocycles. The van der Waals surface area contributed by atoms with Gasteiger partial charge in [0.05, 0.1) is 18.1 Å². The van der Waals surface area contributed by atoms with E-state index in [1.165, 1.54) is 16.7 Å². The fourth-order valence-electron chi connectivity index (χ4n) is 3.03. The normalized spacial score (nSPS) is 11.3. The predicted octanol–water partition coefficient (Wildman–Crippen LogP) is 4.36. The van der Waals surface area contributed by atoms with Crippen LogP contribution in [0.15, 0.2) is 53.5 Å². The SMILES string of the molecule is CCCCOc1cccc(Oc2nc(NS(=O)(=O)CCCC)cc(-c3ccc(=O)n(C)c3)n2)c1. The zero-order valence-corrected chi connectivity index (χ0v) is 20.5. The molecule has 1 aromatic carbocycles. The van der Waals surface area contributed by atoms with Crippen molar-refractivity contribution >= 4 is 15.8 Å². The molecule has 0 radical (unpaired) electrons. The summed E-state index contributed by atoms with van der Waals surface area (Å²) >= 11 is 0. The monoisotopic (exact) mass is 486 g/mol. The van der Waals surface area contributed by atoms with Gasteiger partial charge in [-0.1, -0.05) is 32.8 Å². The van der Waals surface area contributed by atoms with Crippen molar-refractivity contribution in [2.24, 2.45) is 7.05 Å². The fraction of sp³-hybridized carbons (Fsp3) is 0.375. The van der Waals surface area contributed by atoms with Crippen molar-refractivity contribution in [1.82, 2.24) is 14.5 Å². The Bertz CT molecular complexity index is 1270. The molecule has 3 aromatic rings. The molecule has 9 nitrogen and oxygen atoms in total. The summed E-state index contributed by atoms with van der Waals surface area (Å²) in [5, 5.41) is 0. The highest BCUT2D eigenvalue weighted by atomic mass is 32.2. The molecule has 0 bridgehead atoms. The Morgan fingerprint density at radius 3 is 2.50 bits per heavy atom. The number of anilines is 1. The minimum atomic E-state index is -3.59. The fourth-order valence-corrected chi connectivity index (χ4v) is 4.22. The minimum absolute atomic E-state index is 0.0178. The van der Waals surface area contributed by atoms with E-state index >= 15 is 0 Å². The number of benzene rings is 1. The molecule has 2 heterocycles. The van der Waals surface area contributed by atoms with Gasteiger partial charge in [0.2, 0.25) is 15.6 Å². The second kappa shape index (κ2) is 11.6. The lowest BCUT2D eigenvalue weighted by atomic mass is 10.2. The maximum absolute atomic E-state index is 12.5. The Labute approximate surface area is 199 Å². The molecule has 182 valence electrons. The minimum Gasteiger partial charge on any atom is -0.493 e. The van der Waals surface area contributed by atoms with Gasteiger partial charge in [-0.05, 0) is 31.0 Å². The second-order valence-corrected chi connectivity index (χ2v) is 9.68. The van der Waals surface area contributed by atoms with Gasteiger partial charge in [-0.2, -0.15) is 9.97 Å². The van der Waals surface area contributed by atoms with Crippen LogP contribution in [-0.4, -0.2) is 35.3 Å². The highest BCUT2D eigenvalue weighted by Gasteiger charge is 2.15. The molecule has 2 aromatic heterocycles. The van der Waals surface area contributed by atoms with Crippen LogP contribution in [0.4, 0.5) is 5.82 Å². The van der Waals surface area contributed by atoms with Gasteiger partial charge in [-0.15, -0.1) is 0 Å². The summed E-state index contributed by atoms with van der Waals surface area (Å²) in [7, 11) is -1.96. The van der Waals surface area contributed by atoms with Crippen LogP contribution in [0.3, 0.4) is 0 Å². The van der Waals surface area contributed by atoms with Gasteiger partial charge in [0.25, 0.3) is 0 Å². The molecule has 34 heavy (non-hydrogen) atoms. The molecule has 0 amide bonds. The highest BCUT2D eigenvalue weighted by Crippen LogP contribution is 2.27. The third kappa shape index (κ3) is 7.31. The van der Waals surface area contributed by atoms with Crippen molar-refractivity contribution in [1.29, 1.82) is 0 Å². The molecule has 10 heteroatoms. The van der Waals surface area contributed by atoms with Crippen LogP contribution in [0.25, 0.3) is 11.3 Å². The van der Waals surface area contributed by atoms with E-state index in [1.54, 1.807) is 37.5 Å². The predicted molar refractivity (Wildman–Crippen MR) is 132 cm³/mol. The van der Waals surface area contributed by atoms with Gasteiger partial charge in [-0.25, -0.2) is 8.42 Å². The summed E-state index contributed by atoms with van der Waals surface area (Å²) in [6.07, 6.45) is 4.86. The molecule has 0 unspecified atom stereocenters. The summed E-state index contributed by atoms with van der Waals surface area (Å²) in [5.74, 6) is 1.17. The van der Waals surface area contributed by atoms with Gasteiger partial charge in [0.15, 0.2) is 0 Å². The zero-order chi connectivity index (χ0) is 24.6. The molecular formula is C24H30N4O5S. The summed E-state index contributed by atoms with van der Waals surface area (Å²) < 4.78 is 40.5. The molecule has 0 fully saturated rings. The van der Waals surface area contributed by atoms with E-state index in [0.717, 1.165) is 19.3 Å². The first-order valence-corrected chi connectivity index (χ1v) is 12.9. The lowest BCUT2D eigenvalue weighted by Gasteiger charge is -2.12. The number of hydrogen-bond acceptors (Lipinski definition) is 7. The summed E-state index contributed by atoms with van der Waals surface area (Å²) in [4.78, 5) is 20.5. The molecular weight excluding hydrogens is 456 g/mol. The Hall–Kier alpha value is -3.40. The number of sulfonamides is 1. The summed E-state index contributed by atoms with van der Waals surface area (Å²) in [5.41, 5.74) is 0.846. The number of ether oxygens (including phenoxy) is 2. The van der Waals surface area contributed by atoms with Crippen LogP contribution in [0.1, 0.15) is 39.5 Å². The molecule has 0 atom stereocenters. The van der Waals surface area contributed by atoms with Crippen molar-refractivity contribution in [3.05, 3.63) is 59.0 Å². The Kier molecular flexibility index (Phi) is 8.64. The van der Waals surface area contributed by atoms with E-state index in [-0.39, 0.29) is 23.1 Å². The smallest absolute Gasteiger partial charge is 0.324 e. The number of aryl methyl sites for hydroxylation is 1. The van der Waals surface area contributed by atoms with Gasteiger partial charge >= 0.3 is 6.01 Å². The molecule has 0 aliphatic heterocycles. The van der Waals surface area contributed by atoms with Gasteiger partial charge in [-0.3, -0.25) is 9.52 Å². The standard InChI is InChI=1S/C24H30N4O5S/c1-4-6-13-32-19-9-8-10-20(15-19)33-24-25-21(18-11-12-23(29)28(3)17-18)16-22(26-24)27-34(30,31)14-7-5-2/h8-12,15-17H,4-7,13-14H2,1-3H3,(H,25,26,27). The maximum Gasteiger partial charge on any atom is 0.324 e. The van der Waals surface area contributed by atoms with Gasteiger partial charge < -0.3 is 14.0 Å². The van der Waals surface area contributed by atoms with Crippen LogP contribution in [-0.2, 0) is 17.1 Å². The average molecular weight is 487 g/mol. The number of rotatable bonds is 12. The third-order valence-electron chi connectivity index (χ3n) is 4.90. The second-order valence-electron chi connectivity index (χ2n) is 7.84. The van der Waals surface area contributed by atoms with Crippen LogP contribution < -0.4 is 19.8 Å². The lowest BCUT2D eigenvalue weighted by Crippen LogP contribution is -2.18. The van der Waals surface area contributed by atoms with Gasteiger partial charge in [0.1, 0.15) is 17.3 Å². The quantitative estimate of drug-likeness (QED) is 0.379. The summed E-state index contributed by atoms with van der Waals surface area (Å²) in [6, 6.07) is 11.6. The van der Waals surface area contributed by atoms with E-state index in [4.69, 9.17) is 9.47 Å². The largest absolute Gasteiger partial charge is 0.493 e. The van der Waals surface area contributed by atoms with E-state index < -0.39 is 10.0 Å². The van der Waals surface area contributed by atoms with Crippen molar-refractivity contribution in [3.63, 3.8) is 0 Å². The maximum atomic E-state index is 12.5. The topological polar surface area (TPSA) is 112 Å². The molecule has 0 saturated carbocycles. The van der Waals surface area contributed by atoms with Crippen molar-refractivity contribution < 1.29 is 17.9 Å². The van der Waals surface area contributed by atoms with Crippen molar-refractivity contribution in [3.8, 4) is 28.8 Å². The number of nitrogens with one attached hydrogen (secondary N) is 1. The number of pyridine rings is 1. The van der Waals surface area contributed by atoms with Crippen LogP contribution in [0, 0.1) is 0 Å². The van der Waals surface area contributed by atoms with Crippen LogP contribution >= 0.6 is 0 Å². The molecule has 3 rings (SSSR count). The zero-order valence-electron chi connectivity index (χ0n) is 19.7. The Morgan fingerprint density at radius 2 is 1.76 bits per heavy atom. The Morgan fingerprint density at radius 1 is 1.00 bits per heavy atom. The average Bonchev–Trinajstić information content (AvgIpc) is 2.79. The highest BCUT2D eigenvalue weighted by molar-refractivity contribution is 7.92. The number of unbranched alkanes of at least 4 members (excludes halogenated alkanes) is 2. The van der Waals surface area contributed by atoms with Crippen molar-refractivity contribution in [2.75, 3.05) is 17.1 Å². The first-order valence-electron chi connectivity index (χ1n) is 11.3. The number of hydrogen-bond donors (Lipinski definition) is 1. The van der Waals surface area contributed by atoms with E-state index in [9.17, 15) is 13.2 Å². The summed E-state index contributed by atoms with van der Waals surface area (Å²) in [6.45, 7) is 4.61. The molecule has 1 N–H and O–H groups in total. The Balaban J connectivity index is 1.95. The van der Waals surface area contributed by atoms with Crippen LogP contribution in [0.2, 0.25) is 0 Å². The molecule has 0 aliphatic rings. The van der Waals surface area contributed by atoms with E-state index in [1.807, 2.05) is 13.0 Å². The van der Waals surface area contributed by atoms with E-state index in [2.05, 4.69) is 21.6 Å². The molecule has 0 spiro atoms. The first-order chi connectivity index (χ1) is 16.3. The number of aromatic nitrogens is 3. The third-order valence-corrected chi connectivity index (χ3v) is 6.24. The van der Waals surface area contributed by atoms with Crippen LogP contribution in [0.5, 0.6) is 17.5 Å².